The molecule has 0 aliphatic rings. The van der Waals surface area contributed by atoms with E-state index >= 15 is 0 Å². The van der Waals surface area contributed by atoms with E-state index in [1.165, 1.54) is 17.0 Å². The van der Waals surface area contributed by atoms with E-state index in [0.29, 0.717) is 13.2 Å². The summed E-state index contributed by atoms with van der Waals surface area (Å²) in [5, 5.41) is 0. The third kappa shape index (κ3) is 3.98. The van der Waals surface area contributed by atoms with Gasteiger partial charge in [-0.05, 0) is 24.6 Å². The van der Waals surface area contributed by atoms with Gasteiger partial charge in [0.1, 0.15) is 12.4 Å². The zero-order valence-corrected chi connectivity index (χ0v) is 9.57. The van der Waals surface area contributed by atoms with Crippen LogP contribution in [0.25, 0.3) is 0 Å². The van der Waals surface area contributed by atoms with Gasteiger partial charge in [0, 0.05) is 20.2 Å². The molecule has 0 aliphatic carbocycles. The van der Waals surface area contributed by atoms with E-state index in [0.717, 1.165) is 5.56 Å². The Balaban J connectivity index is 2.50. The van der Waals surface area contributed by atoms with E-state index < -0.39 is 0 Å². The molecule has 0 bridgehead atoms. The summed E-state index contributed by atoms with van der Waals surface area (Å²) in [4.78, 5) is 13.0. The molecule has 0 N–H and O–H groups in total. The van der Waals surface area contributed by atoms with Crippen LogP contribution in [0.15, 0.2) is 24.3 Å². The van der Waals surface area contributed by atoms with Crippen molar-refractivity contribution >= 4 is 5.91 Å². The van der Waals surface area contributed by atoms with Gasteiger partial charge < -0.3 is 9.64 Å². The lowest BCUT2D eigenvalue weighted by Gasteiger charge is -2.17. The summed E-state index contributed by atoms with van der Waals surface area (Å²) in [6.07, 6.45) is 0. The molecule has 1 amide bonds. The SMILES string of the molecule is CCOCC(=O)N(C)Cc1cccc(F)c1. The number of ether oxygens (including phenoxy) is 1. The summed E-state index contributed by atoms with van der Waals surface area (Å²) in [7, 11) is 1.67. The van der Waals surface area contributed by atoms with Gasteiger partial charge in [-0.15, -0.1) is 0 Å². The second kappa shape index (κ2) is 6.23. The van der Waals surface area contributed by atoms with E-state index in [2.05, 4.69) is 0 Å². The third-order valence-corrected chi connectivity index (χ3v) is 2.16. The maximum atomic E-state index is 12.9. The van der Waals surface area contributed by atoms with Crippen LogP contribution in [0, 0.1) is 5.82 Å². The molecule has 0 spiro atoms. The molecule has 1 aromatic rings. The lowest BCUT2D eigenvalue weighted by molar-refractivity contribution is -0.135. The standard InChI is InChI=1S/C12H16FNO2/c1-3-16-9-12(15)14(2)8-10-5-4-6-11(13)7-10/h4-7H,3,8-9H2,1-2H3. The highest BCUT2D eigenvalue weighted by Gasteiger charge is 2.09. The number of rotatable bonds is 5. The van der Waals surface area contributed by atoms with Crippen LogP contribution in [0.4, 0.5) is 4.39 Å². The van der Waals surface area contributed by atoms with Crippen molar-refractivity contribution in [2.45, 2.75) is 13.5 Å². The monoisotopic (exact) mass is 225 g/mol. The fourth-order valence-corrected chi connectivity index (χ4v) is 1.30. The summed E-state index contributed by atoms with van der Waals surface area (Å²) in [5.41, 5.74) is 0.771. The molecule has 0 aromatic heterocycles. The molecule has 88 valence electrons. The van der Waals surface area contributed by atoms with Gasteiger partial charge in [-0.25, -0.2) is 4.39 Å². The average molecular weight is 225 g/mol. The van der Waals surface area contributed by atoms with Gasteiger partial charge in [0.25, 0.3) is 0 Å². The van der Waals surface area contributed by atoms with Crippen LogP contribution in [0.5, 0.6) is 0 Å². The second-order valence-corrected chi connectivity index (χ2v) is 3.52. The lowest BCUT2D eigenvalue weighted by atomic mass is 10.2. The van der Waals surface area contributed by atoms with Crippen molar-refractivity contribution < 1.29 is 13.9 Å². The Morgan fingerprint density at radius 3 is 2.88 bits per heavy atom. The zero-order valence-electron chi connectivity index (χ0n) is 9.57. The first-order chi connectivity index (χ1) is 7.63. The number of carbonyl (C=O) groups is 1. The van der Waals surface area contributed by atoms with E-state index in [9.17, 15) is 9.18 Å². The van der Waals surface area contributed by atoms with Gasteiger partial charge in [0.15, 0.2) is 0 Å². The minimum absolute atomic E-state index is 0.0717. The topological polar surface area (TPSA) is 29.5 Å². The molecule has 0 saturated carbocycles. The van der Waals surface area contributed by atoms with Crippen molar-refractivity contribution in [3.8, 4) is 0 Å². The summed E-state index contributed by atoms with van der Waals surface area (Å²) in [5.74, 6) is -0.394. The van der Waals surface area contributed by atoms with Gasteiger partial charge in [0.2, 0.25) is 5.91 Å². The maximum Gasteiger partial charge on any atom is 0.248 e. The Morgan fingerprint density at radius 2 is 2.25 bits per heavy atom. The number of hydrogen-bond acceptors (Lipinski definition) is 2. The number of benzene rings is 1. The second-order valence-electron chi connectivity index (χ2n) is 3.52. The van der Waals surface area contributed by atoms with Crippen molar-refractivity contribution in [1.29, 1.82) is 0 Å². The van der Waals surface area contributed by atoms with Crippen LogP contribution < -0.4 is 0 Å². The van der Waals surface area contributed by atoms with Gasteiger partial charge in [0.05, 0.1) is 0 Å². The average Bonchev–Trinajstić information content (AvgIpc) is 2.25. The minimum atomic E-state index is -0.289. The fraction of sp³-hybridized carbons (Fsp3) is 0.417. The fourth-order valence-electron chi connectivity index (χ4n) is 1.30. The molecule has 0 atom stereocenters. The van der Waals surface area contributed by atoms with Crippen LogP contribution in [0.3, 0.4) is 0 Å². The molecule has 0 unspecified atom stereocenters. The number of hydrogen-bond donors (Lipinski definition) is 0. The molecular formula is C12H16FNO2. The maximum absolute atomic E-state index is 12.9. The Kier molecular flexibility index (Phi) is 4.92. The first-order valence-corrected chi connectivity index (χ1v) is 5.19. The predicted molar refractivity (Wildman–Crippen MR) is 59.4 cm³/mol. The molecule has 0 heterocycles. The van der Waals surface area contributed by atoms with Crippen LogP contribution >= 0.6 is 0 Å². The van der Waals surface area contributed by atoms with Crippen molar-refractivity contribution in [2.24, 2.45) is 0 Å². The first kappa shape index (κ1) is 12.6. The van der Waals surface area contributed by atoms with Crippen molar-refractivity contribution in [3.63, 3.8) is 0 Å². The highest BCUT2D eigenvalue weighted by Crippen LogP contribution is 2.06. The number of amides is 1. The Bertz CT molecular complexity index is 355. The highest BCUT2D eigenvalue weighted by atomic mass is 19.1. The highest BCUT2D eigenvalue weighted by molar-refractivity contribution is 5.77. The number of halogens is 1. The predicted octanol–water partition coefficient (Wildman–Crippen LogP) is 1.82. The number of nitrogens with zero attached hydrogens (tertiary/aromatic N) is 1. The molecule has 0 fully saturated rings. The van der Waals surface area contributed by atoms with E-state index in [4.69, 9.17) is 4.74 Å². The van der Waals surface area contributed by atoms with Crippen LogP contribution in [-0.4, -0.2) is 31.1 Å². The van der Waals surface area contributed by atoms with Crippen LogP contribution in [-0.2, 0) is 16.1 Å². The van der Waals surface area contributed by atoms with E-state index in [1.54, 1.807) is 19.2 Å². The largest absolute Gasteiger partial charge is 0.372 e. The van der Waals surface area contributed by atoms with Crippen LogP contribution in [0.1, 0.15) is 12.5 Å². The molecular weight excluding hydrogens is 209 g/mol. The summed E-state index contributed by atoms with van der Waals surface area (Å²) >= 11 is 0. The molecule has 3 nitrogen and oxygen atoms in total. The van der Waals surface area contributed by atoms with Crippen molar-refractivity contribution in [1.82, 2.24) is 4.90 Å². The molecule has 0 saturated heterocycles. The number of carbonyl (C=O) groups excluding carboxylic acids is 1. The van der Waals surface area contributed by atoms with Crippen molar-refractivity contribution in [2.75, 3.05) is 20.3 Å². The van der Waals surface area contributed by atoms with Gasteiger partial charge in [-0.2, -0.15) is 0 Å². The minimum Gasteiger partial charge on any atom is -0.372 e. The summed E-state index contributed by atoms with van der Waals surface area (Å²) in [6, 6.07) is 6.22. The first-order valence-electron chi connectivity index (χ1n) is 5.19. The Hall–Kier alpha value is -1.42. The molecule has 0 aliphatic heterocycles. The van der Waals surface area contributed by atoms with Crippen molar-refractivity contribution in [3.05, 3.63) is 35.6 Å². The molecule has 0 radical (unpaired) electrons. The quantitative estimate of drug-likeness (QED) is 0.765. The molecule has 16 heavy (non-hydrogen) atoms. The van der Waals surface area contributed by atoms with E-state index in [-0.39, 0.29) is 18.3 Å². The van der Waals surface area contributed by atoms with Crippen LogP contribution in [0.2, 0.25) is 0 Å². The van der Waals surface area contributed by atoms with Gasteiger partial charge >= 0.3 is 0 Å². The smallest absolute Gasteiger partial charge is 0.248 e. The summed E-state index contributed by atoms with van der Waals surface area (Å²) < 4.78 is 17.9. The Labute approximate surface area is 94.8 Å². The van der Waals surface area contributed by atoms with Gasteiger partial charge in [-0.3, -0.25) is 4.79 Å². The molecule has 4 heteroatoms. The van der Waals surface area contributed by atoms with E-state index in [1.807, 2.05) is 6.92 Å². The summed E-state index contributed by atoms with van der Waals surface area (Å²) in [6.45, 7) is 2.81. The van der Waals surface area contributed by atoms with Gasteiger partial charge in [-0.1, -0.05) is 12.1 Å². The normalized spacial score (nSPS) is 10.2. The Morgan fingerprint density at radius 1 is 1.50 bits per heavy atom. The molecule has 1 rings (SSSR count). The lowest BCUT2D eigenvalue weighted by Crippen LogP contribution is -2.29. The zero-order chi connectivity index (χ0) is 12.0. The number of likely N-dealkylation sites (N-methyl/N-ethyl adjacent to an activating group) is 1. The molecule has 1 aromatic carbocycles. The third-order valence-electron chi connectivity index (χ3n) is 2.16.